The number of hydrogen-bond acceptors (Lipinski definition) is 5. The number of methoxy groups -OCH3 is 1. The topological polar surface area (TPSA) is 116 Å². The minimum absolute atomic E-state index is 0.0215. The molecule has 0 radical (unpaired) electrons. The van der Waals surface area contributed by atoms with Crippen molar-refractivity contribution < 1.29 is 18.7 Å². The number of nitrogens with one attached hydrogen (secondary N) is 3. The van der Waals surface area contributed by atoms with Crippen LogP contribution in [0.25, 0.3) is 22.2 Å². The van der Waals surface area contributed by atoms with E-state index < -0.39 is 5.82 Å². The van der Waals surface area contributed by atoms with Gasteiger partial charge in [-0.2, -0.15) is 5.10 Å². The lowest BCUT2D eigenvalue weighted by atomic mass is 9.89. The molecule has 0 aliphatic carbocycles. The first kappa shape index (κ1) is 25.1. The normalized spacial score (nSPS) is 20.4. The molecule has 9 nitrogen and oxygen atoms in total. The van der Waals surface area contributed by atoms with Crippen molar-refractivity contribution >= 4 is 22.7 Å². The summed E-state index contributed by atoms with van der Waals surface area (Å²) in [5.41, 5.74) is 5.37. The summed E-state index contributed by atoms with van der Waals surface area (Å²) in [6, 6.07) is 9.20. The number of fused-ring (bicyclic) bond motifs is 3. The standard InChI is InChI=1S/C29H31FN6O3/c1-15-16(2)33-24-7-4-17(8-21(15)24)13-32-28(37)18-9-19-5-6-20(10-18)36(19)29(38)26-12-25(34-35-26)22-11-27(39-3)31-14-23(22)30/h4,7-8,11-12,14,18-20,33H,5-6,9-10,13H2,1-3H3,(H,32,37)(H,34,35)/t18-,19-,20+. The summed E-state index contributed by atoms with van der Waals surface area (Å²) in [5.74, 6) is -0.577. The highest BCUT2D eigenvalue weighted by Gasteiger charge is 2.45. The first-order valence-corrected chi connectivity index (χ1v) is 13.3. The molecule has 2 bridgehead atoms. The second kappa shape index (κ2) is 9.83. The van der Waals surface area contributed by atoms with Gasteiger partial charge in [0.25, 0.3) is 5.91 Å². The summed E-state index contributed by atoms with van der Waals surface area (Å²) in [6.45, 7) is 4.63. The highest BCUT2D eigenvalue weighted by Crippen LogP contribution is 2.40. The zero-order valence-corrected chi connectivity index (χ0v) is 22.2. The Morgan fingerprint density at radius 2 is 1.92 bits per heavy atom. The van der Waals surface area contributed by atoms with Crippen LogP contribution >= 0.6 is 0 Å². The Kier molecular flexibility index (Phi) is 6.32. The van der Waals surface area contributed by atoms with E-state index in [1.807, 2.05) is 11.0 Å². The summed E-state index contributed by atoms with van der Waals surface area (Å²) in [5, 5.41) is 11.3. The monoisotopic (exact) mass is 530 g/mol. The van der Waals surface area contributed by atoms with Gasteiger partial charge in [-0.3, -0.25) is 14.7 Å². The van der Waals surface area contributed by atoms with Crippen molar-refractivity contribution in [3.8, 4) is 17.1 Å². The van der Waals surface area contributed by atoms with Crippen LogP contribution in [0.2, 0.25) is 0 Å². The van der Waals surface area contributed by atoms with E-state index in [4.69, 9.17) is 4.74 Å². The molecule has 2 saturated heterocycles. The average Bonchev–Trinajstić information content (AvgIpc) is 3.61. The Morgan fingerprint density at radius 3 is 2.67 bits per heavy atom. The lowest BCUT2D eigenvalue weighted by molar-refractivity contribution is -0.127. The molecular weight excluding hydrogens is 499 g/mol. The van der Waals surface area contributed by atoms with E-state index in [1.165, 1.54) is 24.1 Å². The van der Waals surface area contributed by atoms with E-state index in [0.29, 0.717) is 25.1 Å². The van der Waals surface area contributed by atoms with E-state index >= 15 is 0 Å². The first-order valence-electron chi connectivity index (χ1n) is 13.3. The lowest BCUT2D eigenvalue weighted by Gasteiger charge is -2.38. The van der Waals surface area contributed by atoms with Gasteiger partial charge in [-0.15, -0.1) is 0 Å². The number of ether oxygens (including phenoxy) is 1. The van der Waals surface area contributed by atoms with Crippen molar-refractivity contribution in [1.29, 1.82) is 0 Å². The van der Waals surface area contributed by atoms with Crippen molar-refractivity contribution in [3.63, 3.8) is 0 Å². The van der Waals surface area contributed by atoms with Gasteiger partial charge in [0.1, 0.15) is 0 Å². The second-order valence-corrected chi connectivity index (χ2v) is 10.6. The van der Waals surface area contributed by atoms with Crippen molar-refractivity contribution in [1.82, 2.24) is 30.4 Å². The van der Waals surface area contributed by atoms with Gasteiger partial charge < -0.3 is 19.9 Å². The van der Waals surface area contributed by atoms with E-state index in [9.17, 15) is 14.0 Å². The number of carbonyl (C=O) groups excluding carboxylic acids is 2. The number of aryl methyl sites for hydroxylation is 2. The number of piperidine rings is 1. The minimum atomic E-state index is -0.538. The molecule has 2 amide bonds. The molecule has 10 heteroatoms. The number of halogens is 1. The molecule has 0 unspecified atom stereocenters. The maximum atomic E-state index is 14.4. The number of nitrogens with zero attached hydrogens (tertiary/aromatic N) is 3. The molecule has 3 atom stereocenters. The Hall–Kier alpha value is -4.21. The molecule has 2 aliphatic heterocycles. The fraction of sp³-hybridized carbons (Fsp3) is 0.379. The highest BCUT2D eigenvalue weighted by atomic mass is 19.1. The summed E-state index contributed by atoms with van der Waals surface area (Å²) >= 11 is 0. The number of hydrogen-bond donors (Lipinski definition) is 3. The van der Waals surface area contributed by atoms with Crippen LogP contribution in [-0.2, 0) is 11.3 Å². The van der Waals surface area contributed by atoms with Gasteiger partial charge in [0, 0.05) is 52.8 Å². The molecule has 0 saturated carbocycles. The molecule has 2 aliphatic rings. The van der Waals surface area contributed by atoms with E-state index in [0.717, 1.165) is 35.8 Å². The van der Waals surface area contributed by atoms with Gasteiger partial charge in [0.05, 0.1) is 19.0 Å². The van der Waals surface area contributed by atoms with E-state index in [1.54, 1.807) is 6.07 Å². The van der Waals surface area contributed by atoms with Crippen molar-refractivity contribution in [2.24, 2.45) is 5.92 Å². The van der Waals surface area contributed by atoms with Gasteiger partial charge in [0.2, 0.25) is 11.8 Å². The lowest BCUT2D eigenvalue weighted by Crippen LogP contribution is -2.49. The fourth-order valence-electron chi connectivity index (χ4n) is 6.11. The summed E-state index contributed by atoms with van der Waals surface area (Å²) in [6.07, 6.45) is 4.04. The zero-order valence-electron chi connectivity index (χ0n) is 22.2. The quantitative estimate of drug-likeness (QED) is 0.341. The van der Waals surface area contributed by atoms with Crippen LogP contribution in [-0.4, -0.2) is 56.1 Å². The van der Waals surface area contributed by atoms with Crippen LogP contribution < -0.4 is 10.1 Å². The fourth-order valence-corrected chi connectivity index (χ4v) is 6.11. The SMILES string of the molecule is COc1cc(-c2cc(C(=O)N3[C@@H]4CC[C@H]3C[C@H](C(=O)NCc3ccc5[nH]c(C)c(C)c5c3)C4)n[nH]2)c(F)cn1. The number of aromatic amines is 2. The molecule has 3 aromatic heterocycles. The Balaban J connectivity index is 1.11. The maximum Gasteiger partial charge on any atom is 0.274 e. The Morgan fingerprint density at radius 1 is 1.15 bits per heavy atom. The number of carbonyl (C=O) groups is 2. The number of amides is 2. The molecule has 5 heterocycles. The number of pyridine rings is 1. The predicted molar refractivity (Wildman–Crippen MR) is 144 cm³/mol. The molecule has 202 valence electrons. The average molecular weight is 531 g/mol. The maximum absolute atomic E-state index is 14.4. The number of rotatable bonds is 6. The molecular formula is C29H31FN6O3. The van der Waals surface area contributed by atoms with Gasteiger partial charge in [-0.25, -0.2) is 9.37 Å². The largest absolute Gasteiger partial charge is 0.481 e. The molecule has 3 N–H and O–H groups in total. The van der Waals surface area contributed by atoms with Crippen LogP contribution in [0.15, 0.2) is 36.5 Å². The van der Waals surface area contributed by atoms with Gasteiger partial charge in [-0.05, 0) is 68.9 Å². The summed E-state index contributed by atoms with van der Waals surface area (Å²) in [7, 11) is 1.45. The van der Waals surface area contributed by atoms with Crippen molar-refractivity contribution in [2.75, 3.05) is 7.11 Å². The van der Waals surface area contributed by atoms with Gasteiger partial charge in [0.15, 0.2) is 11.5 Å². The van der Waals surface area contributed by atoms with Crippen molar-refractivity contribution in [2.45, 2.75) is 58.2 Å². The molecule has 4 aromatic rings. The number of benzene rings is 1. The minimum Gasteiger partial charge on any atom is -0.481 e. The van der Waals surface area contributed by atoms with Crippen molar-refractivity contribution in [3.05, 3.63) is 64.9 Å². The van der Waals surface area contributed by atoms with Gasteiger partial charge in [-0.1, -0.05) is 6.07 Å². The smallest absolute Gasteiger partial charge is 0.274 e. The summed E-state index contributed by atoms with van der Waals surface area (Å²) < 4.78 is 19.5. The third kappa shape index (κ3) is 4.53. The number of aromatic nitrogens is 4. The van der Waals surface area contributed by atoms with E-state index in [2.05, 4.69) is 51.5 Å². The molecule has 2 fully saturated rings. The summed E-state index contributed by atoms with van der Waals surface area (Å²) in [4.78, 5) is 35.7. The van der Waals surface area contributed by atoms with Crippen LogP contribution in [0, 0.1) is 25.6 Å². The third-order valence-electron chi connectivity index (χ3n) is 8.30. The second-order valence-electron chi connectivity index (χ2n) is 10.6. The van der Waals surface area contributed by atoms with Crippen LogP contribution in [0.3, 0.4) is 0 Å². The molecule has 39 heavy (non-hydrogen) atoms. The van der Waals surface area contributed by atoms with Crippen LogP contribution in [0.4, 0.5) is 4.39 Å². The van der Waals surface area contributed by atoms with Crippen LogP contribution in [0.5, 0.6) is 5.88 Å². The van der Waals surface area contributed by atoms with Crippen LogP contribution in [0.1, 0.15) is 53.0 Å². The molecule has 1 aromatic carbocycles. The number of H-pyrrole nitrogens is 2. The molecule has 6 rings (SSSR count). The highest BCUT2D eigenvalue weighted by molar-refractivity contribution is 5.94. The zero-order chi connectivity index (χ0) is 27.3. The Labute approximate surface area is 225 Å². The first-order chi connectivity index (χ1) is 18.8. The predicted octanol–water partition coefficient (Wildman–Crippen LogP) is 4.42. The van der Waals surface area contributed by atoms with Gasteiger partial charge >= 0.3 is 0 Å². The Bertz CT molecular complexity index is 1560. The van der Waals surface area contributed by atoms with E-state index in [-0.39, 0.29) is 47.0 Å². The molecule has 0 spiro atoms. The third-order valence-corrected chi connectivity index (χ3v) is 8.30.